The Labute approximate surface area is 163 Å². The first kappa shape index (κ1) is 19.9. The molecule has 4 nitrogen and oxygen atoms in total. The zero-order chi connectivity index (χ0) is 20.7. The molecule has 0 radical (unpaired) electrons. The van der Waals surface area contributed by atoms with Gasteiger partial charge in [0, 0.05) is 16.7 Å². The van der Waals surface area contributed by atoms with E-state index in [1.54, 1.807) is 20.8 Å². The number of hydrogen-bond acceptors (Lipinski definition) is 4. The summed E-state index contributed by atoms with van der Waals surface area (Å²) in [5, 5.41) is 20.6. The average Bonchev–Trinajstić information content (AvgIpc) is 2.91. The summed E-state index contributed by atoms with van der Waals surface area (Å²) in [4.78, 5) is 24.2. The fourth-order valence-electron chi connectivity index (χ4n) is 7.32. The quantitative estimate of drug-likeness (QED) is 0.755. The monoisotopic (exact) mass is 394 g/mol. The van der Waals surface area contributed by atoms with Crippen LogP contribution in [0.25, 0.3) is 0 Å². The Bertz CT molecular complexity index is 806. The number of allylic oxidation sites excluding steroid dienone is 4. The molecule has 8 atom stereocenters. The molecule has 2 N–H and O–H groups in total. The van der Waals surface area contributed by atoms with Crippen molar-refractivity contribution in [3.63, 3.8) is 0 Å². The van der Waals surface area contributed by atoms with Crippen molar-refractivity contribution < 1.29 is 28.6 Å². The van der Waals surface area contributed by atoms with Crippen molar-refractivity contribution >= 4 is 11.6 Å². The molecule has 3 saturated carbocycles. The van der Waals surface area contributed by atoms with Gasteiger partial charge in [-0.05, 0) is 62.2 Å². The SMILES string of the molecule is C[C@H]1C[C@@]2(C)C(CC[C@]2(O)C(=O)CO)C2C[C@H](F)C3=CC(=O)C=C[C@]3(C)[C@]21F. The molecule has 3 fully saturated rings. The van der Waals surface area contributed by atoms with Gasteiger partial charge in [0.25, 0.3) is 0 Å². The molecule has 28 heavy (non-hydrogen) atoms. The number of ketones is 2. The van der Waals surface area contributed by atoms with Gasteiger partial charge in [-0.25, -0.2) is 8.78 Å². The van der Waals surface area contributed by atoms with Crippen LogP contribution in [0, 0.1) is 28.6 Å². The van der Waals surface area contributed by atoms with Gasteiger partial charge < -0.3 is 10.2 Å². The number of halogens is 2. The highest BCUT2D eigenvalue weighted by Gasteiger charge is 2.74. The van der Waals surface area contributed by atoms with Crippen LogP contribution in [0.3, 0.4) is 0 Å². The maximum atomic E-state index is 17.0. The Balaban J connectivity index is 1.84. The van der Waals surface area contributed by atoms with Gasteiger partial charge in [-0.3, -0.25) is 9.59 Å². The molecule has 0 aromatic heterocycles. The molecule has 0 heterocycles. The molecule has 0 aliphatic heterocycles. The Morgan fingerprint density at radius 1 is 1.32 bits per heavy atom. The highest BCUT2D eigenvalue weighted by Crippen LogP contribution is 2.71. The van der Waals surface area contributed by atoms with Gasteiger partial charge in [0.2, 0.25) is 0 Å². The second-order valence-corrected chi connectivity index (χ2v) is 9.72. The fraction of sp³-hybridized carbons (Fsp3) is 0.727. The molecule has 2 unspecified atom stereocenters. The Morgan fingerprint density at radius 3 is 2.64 bits per heavy atom. The van der Waals surface area contributed by atoms with Crippen molar-refractivity contribution in [3.05, 3.63) is 23.8 Å². The first-order chi connectivity index (χ1) is 13.0. The van der Waals surface area contributed by atoms with Gasteiger partial charge in [-0.15, -0.1) is 0 Å². The van der Waals surface area contributed by atoms with E-state index in [9.17, 15) is 19.8 Å². The van der Waals surface area contributed by atoms with E-state index in [4.69, 9.17) is 0 Å². The standard InChI is InChI=1S/C22H28F2O4/c1-12-10-20(3)14(5-7-21(20,28)18(27)11-25)15-9-17(23)16-8-13(26)4-6-19(16,2)22(12,15)24/h4,6,8,12,14-15,17,25,28H,5,7,9-11H2,1-3H3/t12-,14?,15?,17-,19-,20-,21-,22+/m0/s1. The lowest BCUT2D eigenvalue weighted by molar-refractivity contribution is -0.200. The van der Waals surface area contributed by atoms with Crippen molar-refractivity contribution in [2.45, 2.75) is 63.9 Å². The van der Waals surface area contributed by atoms with Crippen LogP contribution in [0.1, 0.15) is 46.5 Å². The van der Waals surface area contributed by atoms with E-state index in [0.717, 1.165) is 0 Å². The highest BCUT2D eigenvalue weighted by atomic mass is 19.1. The fourth-order valence-corrected chi connectivity index (χ4v) is 7.32. The Kier molecular flexibility index (Phi) is 4.13. The lowest BCUT2D eigenvalue weighted by atomic mass is 9.42. The molecular weight excluding hydrogens is 366 g/mol. The normalized spacial score (nSPS) is 52.5. The molecule has 4 aliphatic carbocycles. The number of rotatable bonds is 2. The minimum absolute atomic E-state index is 0.0625. The lowest BCUT2D eigenvalue weighted by Crippen LogP contribution is -2.68. The maximum absolute atomic E-state index is 17.0. The van der Waals surface area contributed by atoms with Crippen LogP contribution >= 0.6 is 0 Å². The molecule has 4 rings (SSSR count). The van der Waals surface area contributed by atoms with Crippen LogP contribution in [-0.4, -0.2) is 45.8 Å². The van der Waals surface area contributed by atoms with E-state index in [2.05, 4.69) is 0 Å². The van der Waals surface area contributed by atoms with Crippen molar-refractivity contribution in [1.82, 2.24) is 0 Å². The van der Waals surface area contributed by atoms with Crippen LogP contribution in [0.5, 0.6) is 0 Å². The first-order valence-corrected chi connectivity index (χ1v) is 10.1. The maximum Gasteiger partial charge on any atom is 0.190 e. The van der Waals surface area contributed by atoms with Gasteiger partial charge in [0.15, 0.2) is 11.6 Å². The van der Waals surface area contributed by atoms with Crippen molar-refractivity contribution in [3.8, 4) is 0 Å². The minimum Gasteiger partial charge on any atom is -0.388 e. The molecule has 0 bridgehead atoms. The predicted molar refractivity (Wildman–Crippen MR) is 98.8 cm³/mol. The van der Waals surface area contributed by atoms with Crippen LogP contribution in [0.2, 0.25) is 0 Å². The van der Waals surface area contributed by atoms with Crippen LogP contribution in [0.15, 0.2) is 23.8 Å². The highest BCUT2D eigenvalue weighted by molar-refractivity contribution is 6.01. The predicted octanol–water partition coefficient (Wildman–Crippen LogP) is 2.87. The summed E-state index contributed by atoms with van der Waals surface area (Å²) in [5.74, 6) is -2.59. The second kappa shape index (κ2) is 5.82. The molecule has 0 saturated heterocycles. The van der Waals surface area contributed by atoms with E-state index in [0.29, 0.717) is 6.42 Å². The number of fused-ring (bicyclic) bond motifs is 5. The molecule has 0 spiro atoms. The smallest absolute Gasteiger partial charge is 0.190 e. The number of aliphatic hydroxyl groups is 2. The third kappa shape index (κ3) is 2.06. The molecule has 0 aromatic rings. The zero-order valence-corrected chi connectivity index (χ0v) is 16.5. The molecule has 0 aromatic carbocycles. The first-order valence-electron chi connectivity index (χ1n) is 10.1. The largest absolute Gasteiger partial charge is 0.388 e. The third-order valence-electron chi connectivity index (χ3n) is 8.73. The van der Waals surface area contributed by atoms with Crippen LogP contribution < -0.4 is 0 Å². The molecule has 6 heteroatoms. The van der Waals surface area contributed by atoms with Crippen molar-refractivity contribution in [1.29, 1.82) is 0 Å². The molecular formula is C22H28F2O4. The van der Waals surface area contributed by atoms with Gasteiger partial charge in [-0.1, -0.05) is 19.9 Å². The molecule has 0 amide bonds. The van der Waals surface area contributed by atoms with E-state index in [-0.39, 0.29) is 36.5 Å². The summed E-state index contributed by atoms with van der Waals surface area (Å²) in [6.07, 6.45) is 3.39. The Hall–Kier alpha value is -1.40. The van der Waals surface area contributed by atoms with Crippen molar-refractivity contribution in [2.75, 3.05) is 6.61 Å². The van der Waals surface area contributed by atoms with Crippen molar-refractivity contribution in [2.24, 2.45) is 28.6 Å². The van der Waals surface area contributed by atoms with Crippen LogP contribution in [0.4, 0.5) is 8.78 Å². The van der Waals surface area contributed by atoms with E-state index in [1.165, 1.54) is 18.2 Å². The second-order valence-electron chi connectivity index (χ2n) is 9.72. The van der Waals surface area contributed by atoms with E-state index >= 15 is 8.78 Å². The lowest BCUT2D eigenvalue weighted by Gasteiger charge is -2.63. The number of Topliss-reactive ketones (excluding diaryl/α,β-unsaturated/α-hetero) is 1. The summed E-state index contributed by atoms with van der Waals surface area (Å²) in [6, 6.07) is 0. The zero-order valence-electron chi connectivity index (χ0n) is 16.5. The number of alkyl halides is 2. The summed E-state index contributed by atoms with van der Waals surface area (Å²) < 4.78 is 32.2. The minimum atomic E-state index is -1.78. The van der Waals surface area contributed by atoms with Crippen LogP contribution in [-0.2, 0) is 9.59 Å². The number of hydrogen-bond donors (Lipinski definition) is 2. The Morgan fingerprint density at radius 2 is 2.00 bits per heavy atom. The number of aliphatic hydroxyl groups excluding tert-OH is 1. The summed E-state index contributed by atoms with van der Waals surface area (Å²) in [6.45, 7) is 4.44. The topological polar surface area (TPSA) is 74.6 Å². The summed E-state index contributed by atoms with van der Waals surface area (Å²) >= 11 is 0. The van der Waals surface area contributed by atoms with Gasteiger partial charge in [0.1, 0.15) is 24.0 Å². The van der Waals surface area contributed by atoms with Gasteiger partial charge in [0.05, 0.1) is 0 Å². The van der Waals surface area contributed by atoms with Gasteiger partial charge in [-0.2, -0.15) is 0 Å². The van der Waals surface area contributed by atoms with E-state index < -0.39 is 52.5 Å². The average molecular weight is 394 g/mol. The van der Waals surface area contributed by atoms with Gasteiger partial charge >= 0.3 is 0 Å². The van der Waals surface area contributed by atoms with E-state index in [1.807, 2.05) is 0 Å². The number of carbonyl (C=O) groups is 2. The number of carbonyl (C=O) groups excluding carboxylic acids is 2. The molecule has 4 aliphatic rings. The third-order valence-corrected chi connectivity index (χ3v) is 8.73. The summed E-state index contributed by atoms with van der Waals surface area (Å²) in [7, 11) is 0. The summed E-state index contributed by atoms with van der Waals surface area (Å²) in [5.41, 5.74) is -5.45. The molecule has 154 valence electrons.